The molecule has 26 heavy (non-hydrogen) atoms. The number of aromatic nitrogens is 2. The average Bonchev–Trinajstić information content (AvgIpc) is 2.59. The van der Waals surface area contributed by atoms with E-state index >= 15 is 0 Å². The van der Waals surface area contributed by atoms with Crippen LogP contribution in [-0.4, -0.2) is 20.9 Å². The lowest BCUT2D eigenvalue weighted by Crippen LogP contribution is -2.18. The Morgan fingerprint density at radius 3 is 2.62 bits per heavy atom. The molecule has 132 valence electrons. The van der Waals surface area contributed by atoms with E-state index in [4.69, 9.17) is 23.8 Å². The summed E-state index contributed by atoms with van der Waals surface area (Å²) in [7, 11) is 0. The topological polar surface area (TPSA) is 70.4 Å². The Bertz CT molecular complexity index is 1120. The van der Waals surface area contributed by atoms with Crippen LogP contribution in [0.1, 0.15) is 11.1 Å². The summed E-state index contributed by atoms with van der Waals surface area (Å²) >= 11 is 11.2. The summed E-state index contributed by atoms with van der Waals surface area (Å²) < 4.78 is 14.3. The molecule has 1 heterocycles. The maximum absolute atomic E-state index is 13.1. The van der Waals surface area contributed by atoms with Crippen LogP contribution in [0.3, 0.4) is 0 Å². The Morgan fingerprint density at radius 2 is 1.96 bits per heavy atom. The number of H-pyrrole nitrogens is 1. The Hall–Kier alpha value is -2.77. The van der Waals surface area contributed by atoms with Gasteiger partial charge in [0.25, 0.3) is 5.56 Å². The number of benzene rings is 2. The fraction of sp³-hybridized carbons (Fsp3) is 0.0556. The minimum atomic E-state index is -0.590. The molecule has 0 saturated carbocycles. The van der Waals surface area contributed by atoms with Crippen LogP contribution in [0.2, 0.25) is 5.02 Å². The van der Waals surface area contributed by atoms with Crippen LogP contribution in [0.25, 0.3) is 5.69 Å². The standard InChI is InChI=1S/C18H13ClFN3O2S/c1-10-2-5-12(8-15(10)19)21-9-14-16(24)22-18(26)23(17(14)25)13-6-3-11(20)4-7-13/h2-9,25H,1H3,(H,22,24,26). The van der Waals surface area contributed by atoms with Crippen molar-refractivity contribution < 1.29 is 9.50 Å². The molecule has 0 saturated heterocycles. The fourth-order valence-corrected chi connectivity index (χ4v) is 2.75. The lowest BCUT2D eigenvalue weighted by atomic mass is 10.2. The molecular formula is C18H13ClFN3O2S. The SMILES string of the molecule is Cc1ccc(N=Cc2c(O)n(-c3ccc(F)cc3)c(=S)[nH]c2=O)cc1Cl. The number of aliphatic imine (C=N–C) groups is 1. The number of aryl methyl sites for hydroxylation is 1. The Morgan fingerprint density at radius 1 is 1.27 bits per heavy atom. The highest BCUT2D eigenvalue weighted by Crippen LogP contribution is 2.23. The average molecular weight is 390 g/mol. The molecule has 0 spiro atoms. The number of aromatic amines is 1. The molecule has 0 aliphatic rings. The third kappa shape index (κ3) is 3.58. The van der Waals surface area contributed by atoms with Crippen molar-refractivity contribution in [2.24, 2.45) is 4.99 Å². The van der Waals surface area contributed by atoms with Crippen LogP contribution in [0.4, 0.5) is 10.1 Å². The van der Waals surface area contributed by atoms with E-state index in [0.29, 0.717) is 16.4 Å². The van der Waals surface area contributed by atoms with Crippen LogP contribution in [0, 0.1) is 17.5 Å². The van der Waals surface area contributed by atoms with E-state index in [2.05, 4.69) is 9.98 Å². The van der Waals surface area contributed by atoms with Crippen molar-refractivity contribution in [3.63, 3.8) is 0 Å². The van der Waals surface area contributed by atoms with Gasteiger partial charge >= 0.3 is 0 Å². The molecule has 0 aliphatic carbocycles. The summed E-state index contributed by atoms with van der Waals surface area (Å²) in [4.78, 5) is 18.8. The van der Waals surface area contributed by atoms with E-state index in [1.807, 2.05) is 6.92 Å². The van der Waals surface area contributed by atoms with Crippen molar-refractivity contribution in [2.45, 2.75) is 6.92 Å². The number of hydrogen-bond donors (Lipinski definition) is 2. The molecule has 0 radical (unpaired) electrons. The molecule has 0 atom stereocenters. The predicted octanol–water partition coefficient (Wildman–Crippen LogP) is 4.45. The van der Waals surface area contributed by atoms with E-state index in [-0.39, 0.29) is 10.3 Å². The summed E-state index contributed by atoms with van der Waals surface area (Å²) in [6, 6.07) is 10.5. The molecule has 0 aliphatic heterocycles. The third-order valence-corrected chi connectivity index (χ3v) is 4.40. The zero-order valence-corrected chi connectivity index (χ0v) is 15.1. The van der Waals surface area contributed by atoms with Gasteiger partial charge in [-0.15, -0.1) is 0 Å². The van der Waals surface area contributed by atoms with Crippen molar-refractivity contribution in [3.8, 4) is 11.6 Å². The van der Waals surface area contributed by atoms with Crippen molar-refractivity contribution >= 4 is 35.7 Å². The maximum atomic E-state index is 13.1. The van der Waals surface area contributed by atoms with Gasteiger partial charge in [0.2, 0.25) is 5.88 Å². The van der Waals surface area contributed by atoms with Crippen molar-refractivity contribution in [1.82, 2.24) is 9.55 Å². The van der Waals surface area contributed by atoms with E-state index in [9.17, 15) is 14.3 Å². The number of hydrogen-bond acceptors (Lipinski definition) is 4. The molecule has 2 aromatic carbocycles. The summed E-state index contributed by atoms with van der Waals surface area (Å²) in [5.74, 6) is -0.825. The molecule has 1 aromatic heterocycles. The molecule has 8 heteroatoms. The largest absolute Gasteiger partial charge is 0.494 e. The van der Waals surface area contributed by atoms with Gasteiger partial charge in [-0.25, -0.2) is 4.39 Å². The fourth-order valence-electron chi connectivity index (χ4n) is 2.29. The third-order valence-electron chi connectivity index (χ3n) is 3.70. The highest BCUT2D eigenvalue weighted by molar-refractivity contribution is 7.71. The number of halogens is 2. The second kappa shape index (κ2) is 7.23. The van der Waals surface area contributed by atoms with Gasteiger partial charge in [-0.3, -0.25) is 19.3 Å². The highest BCUT2D eigenvalue weighted by atomic mass is 35.5. The monoisotopic (exact) mass is 389 g/mol. The highest BCUT2D eigenvalue weighted by Gasteiger charge is 2.12. The maximum Gasteiger partial charge on any atom is 0.264 e. The van der Waals surface area contributed by atoms with Crippen LogP contribution < -0.4 is 5.56 Å². The van der Waals surface area contributed by atoms with Gasteiger partial charge in [-0.05, 0) is 61.1 Å². The van der Waals surface area contributed by atoms with Gasteiger partial charge in [0.15, 0.2) is 4.77 Å². The predicted molar refractivity (Wildman–Crippen MR) is 102 cm³/mol. The Labute approximate surface area is 158 Å². The molecular weight excluding hydrogens is 377 g/mol. The molecule has 5 nitrogen and oxygen atoms in total. The first kappa shape index (κ1) is 18.0. The van der Waals surface area contributed by atoms with Gasteiger partial charge in [-0.1, -0.05) is 17.7 Å². The lowest BCUT2D eigenvalue weighted by Gasteiger charge is -2.11. The number of nitrogens with one attached hydrogen (secondary N) is 1. The Balaban J connectivity index is 2.10. The minimum Gasteiger partial charge on any atom is -0.494 e. The zero-order chi connectivity index (χ0) is 18.8. The molecule has 3 aromatic rings. The second-order valence-corrected chi connectivity index (χ2v) is 6.29. The number of rotatable bonds is 3. The molecule has 0 fully saturated rings. The molecule has 0 bridgehead atoms. The van der Waals surface area contributed by atoms with Crippen molar-refractivity contribution in [1.29, 1.82) is 0 Å². The Kier molecular flexibility index (Phi) is 5.01. The first-order valence-electron chi connectivity index (χ1n) is 7.51. The van der Waals surface area contributed by atoms with Gasteiger partial charge in [0.05, 0.1) is 11.4 Å². The van der Waals surface area contributed by atoms with E-state index < -0.39 is 17.3 Å². The second-order valence-electron chi connectivity index (χ2n) is 5.50. The van der Waals surface area contributed by atoms with Gasteiger partial charge < -0.3 is 5.11 Å². The van der Waals surface area contributed by atoms with Crippen LogP contribution in [0.5, 0.6) is 5.88 Å². The summed E-state index contributed by atoms with van der Waals surface area (Å²) in [5.41, 5.74) is 1.15. The van der Waals surface area contributed by atoms with E-state index in [1.54, 1.807) is 18.2 Å². The molecule has 0 amide bonds. The first-order chi connectivity index (χ1) is 12.4. The molecule has 0 unspecified atom stereocenters. The quantitative estimate of drug-likeness (QED) is 0.513. The van der Waals surface area contributed by atoms with Gasteiger partial charge in [-0.2, -0.15) is 0 Å². The normalized spacial score (nSPS) is 11.2. The van der Waals surface area contributed by atoms with Crippen LogP contribution >= 0.6 is 23.8 Å². The minimum absolute atomic E-state index is 0.0189. The van der Waals surface area contributed by atoms with E-state index in [0.717, 1.165) is 5.56 Å². The van der Waals surface area contributed by atoms with Gasteiger partial charge in [0.1, 0.15) is 11.4 Å². The van der Waals surface area contributed by atoms with Crippen molar-refractivity contribution in [2.75, 3.05) is 0 Å². The summed E-state index contributed by atoms with van der Waals surface area (Å²) in [5, 5.41) is 11.1. The molecule has 3 rings (SSSR count). The van der Waals surface area contributed by atoms with Crippen LogP contribution in [-0.2, 0) is 0 Å². The summed E-state index contributed by atoms with van der Waals surface area (Å²) in [6.45, 7) is 1.86. The van der Waals surface area contributed by atoms with Crippen molar-refractivity contribution in [3.05, 3.63) is 79.6 Å². The molecule has 2 N–H and O–H groups in total. The van der Waals surface area contributed by atoms with E-state index in [1.165, 1.54) is 35.0 Å². The number of nitrogens with zero attached hydrogens (tertiary/aromatic N) is 2. The summed E-state index contributed by atoms with van der Waals surface area (Å²) in [6.07, 6.45) is 1.23. The lowest BCUT2D eigenvalue weighted by molar-refractivity contribution is 0.432. The first-order valence-corrected chi connectivity index (χ1v) is 8.30. The zero-order valence-electron chi connectivity index (χ0n) is 13.5. The number of aromatic hydroxyl groups is 1. The van der Waals surface area contributed by atoms with Gasteiger partial charge in [0, 0.05) is 11.2 Å². The smallest absolute Gasteiger partial charge is 0.264 e. The van der Waals surface area contributed by atoms with Crippen LogP contribution in [0.15, 0.2) is 52.3 Å².